The Labute approximate surface area is 231 Å². The standard InChI is InChI=1S/C33H39N3O3/c1-4-28-29(36(3)32(37)38-5-2)20-34-31(35-28)26-11-12-30(39-21-22-9-7-6-8-10-22)27(16-26)33-17-23-13-24(18-33)15-25(14-23)19-33/h6-12,16,20,23-25H,4-5,13-15,17-19,21H2,1-3H3. The average Bonchev–Trinajstić information content (AvgIpc) is 2.95. The Morgan fingerprint density at radius 3 is 2.33 bits per heavy atom. The summed E-state index contributed by atoms with van der Waals surface area (Å²) in [5, 5.41) is 0. The monoisotopic (exact) mass is 525 g/mol. The van der Waals surface area contributed by atoms with E-state index in [0.29, 0.717) is 31.1 Å². The van der Waals surface area contributed by atoms with Crippen LogP contribution in [0.4, 0.5) is 10.5 Å². The SMILES string of the molecule is CCOC(=O)N(C)c1cnc(-c2ccc(OCc3ccccc3)c(C34CC5CC(CC(C5)C3)C4)c2)nc1CC. The molecule has 4 aliphatic carbocycles. The third-order valence-electron chi connectivity index (χ3n) is 9.17. The number of aromatic nitrogens is 2. The summed E-state index contributed by atoms with van der Waals surface area (Å²) in [5.74, 6) is 4.19. The van der Waals surface area contributed by atoms with Crippen molar-refractivity contribution in [3.63, 3.8) is 0 Å². The van der Waals surface area contributed by atoms with Crippen LogP contribution < -0.4 is 9.64 Å². The average molecular weight is 526 g/mol. The molecule has 7 rings (SSSR count). The van der Waals surface area contributed by atoms with Crippen molar-refractivity contribution >= 4 is 11.8 Å². The van der Waals surface area contributed by atoms with Gasteiger partial charge in [-0.05, 0) is 98.8 Å². The van der Waals surface area contributed by atoms with Gasteiger partial charge in [0.25, 0.3) is 0 Å². The largest absolute Gasteiger partial charge is 0.489 e. The highest BCUT2D eigenvalue weighted by Crippen LogP contribution is 2.62. The van der Waals surface area contributed by atoms with E-state index in [1.807, 2.05) is 6.07 Å². The Bertz CT molecular complexity index is 1300. The van der Waals surface area contributed by atoms with E-state index in [1.165, 1.54) is 54.6 Å². The number of anilines is 1. The molecule has 0 radical (unpaired) electrons. The highest BCUT2D eigenvalue weighted by molar-refractivity contribution is 5.87. The molecule has 4 fully saturated rings. The molecule has 1 amide bonds. The number of hydrogen-bond donors (Lipinski definition) is 0. The quantitative estimate of drug-likeness (QED) is 0.308. The molecule has 1 heterocycles. The molecule has 4 saturated carbocycles. The molecule has 39 heavy (non-hydrogen) atoms. The van der Waals surface area contributed by atoms with Crippen LogP contribution >= 0.6 is 0 Å². The zero-order valence-corrected chi connectivity index (χ0v) is 23.4. The molecule has 1 aromatic heterocycles. The first kappa shape index (κ1) is 25.8. The molecule has 0 saturated heterocycles. The molecule has 6 heteroatoms. The summed E-state index contributed by atoms with van der Waals surface area (Å²) in [6.45, 7) is 4.75. The van der Waals surface area contributed by atoms with E-state index in [2.05, 4.69) is 49.4 Å². The number of rotatable bonds is 8. The van der Waals surface area contributed by atoms with Gasteiger partial charge in [-0.3, -0.25) is 4.90 Å². The van der Waals surface area contributed by atoms with Gasteiger partial charge < -0.3 is 9.47 Å². The highest BCUT2D eigenvalue weighted by atomic mass is 16.6. The van der Waals surface area contributed by atoms with E-state index in [0.717, 1.165) is 34.8 Å². The van der Waals surface area contributed by atoms with Gasteiger partial charge in [-0.15, -0.1) is 0 Å². The molecule has 204 valence electrons. The molecule has 4 bridgehead atoms. The van der Waals surface area contributed by atoms with Crippen molar-refractivity contribution in [2.75, 3.05) is 18.6 Å². The van der Waals surface area contributed by atoms with Crippen molar-refractivity contribution in [2.45, 2.75) is 70.8 Å². The maximum atomic E-state index is 12.4. The van der Waals surface area contributed by atoms with Gasteiger partial charge >= 0.3 is 6.09 Å². The summed E-state index contributed by atoms with van der Waals surface area (Å²) in [6, 6.07) is 17.0. The fourth-order valence-corrected chi connectivity index (χ4v) is 7.79. The van der Waals surface area contributed by atoms with Crippen LogP contribution in [0.3, 0.4) is 0 Å². The summed E-state index contributed by atoms with van der Waals surface area (Å²) >= 11 is 0. The Kier molecular flexibility index (Phi) is 7.05. The lowest BCUT2D eigenvalue weighted by atomic mass is 9.48. The Hall–Kier alpha value is -3.41. The number of amides is 1. The predicted molar refractivity (Wildman–Crippen MR) is 153 cm³/mol. The molecular weight excluding hydrogens is 486 g/mol. The van der Waals surface area contributed by atoms with Crippen molar-refractivity contribution < 1.29 is 14.3 Å². The van der Waals surface area contributed by atoms with Crippen LogP contribution in [0.5, 0.6) is 5.75 Å². The molecule has 3 aromatic rings. The minimum atomic E-state index is -0.396. The maximum Gasteiger partial charge on any atom is 0.414 e. The van der Waals surface area contributed by atoms with E-state index < -0.39 is 6.09 Å². The number of nitrogens with zero attached hydrogens (tertiary/aromatic N) is 3. The van der Waals surface area contributed by atoms with Gasteiger partial charge in [-0.1, -0.05) is 37.3 Å². The van der Waals surface area contributed by atoms with Crippen molar-refractivity contribution in [1.29, 1.82) is 0 Å². The second-order valence-corrected chi connectivity index (χ2v) is 11.8. The van der Waals surface area contributed by atoms with E-state index in [1.54, 1.807) is 20.2 Å². The highest BCUT2D eigenvalue weighted by Gasteiger charge is 2.52. The molecular formula is C33H39N3O3. The third-order valence-corrected chi connectivity index (χ3v) is 9.17. The summed E-state index contributed by atoms with van der Waals surface area (Å²) in [5.41, 5.74) is 5.21. The predicted octanol–water partition coefficient (Wildman–Crippen LogP) is 7.35. The first-order valence-corrected chi connectivity index (χ1v) is 14.6. The minimum Gasteiger partial charge on any atom is -0.489 e. The minimum absolute atomic E-state index is 0.175. The Balaban J connectivity index is 1.37. The summed E-state index contributed by atoms with van der Waals surface area (Å²) in [6.07, 6.45) is 10.0. The second kappa shape index (κ2) is 10.6. The molecule has 0 aliphatic heterocycles. The molecule has 4 aliphatic rings. The van der Waals surface area contributed by atoms with Crippen LogP contribution in [0, 0.1) is 17.8 Å². The molecule has 0 N–H and O–H groups in total. The van der Waals surface area contributed by atoms with Gasteiger partial charge in [-0.25, -0.2) is 14.8 Å². The lowest BCUT2D eigenvalue weighted by Gasteiger charge is -2.57. The molecule has 2 aromatic carbocycles. The van der Waals surface area contributed by atoms with Gasteiger partial charge in [0, 0.05) is 18.2 Å². The fraction of sp³-hybridized carbons (Fsp3) is 0.485. The van der Waals surface area contributed by atoms with Gasteiger partial charge in [0.15, 0.2) is 5.82 Å². The van der Waals surface area contributed by atoms with E-state index in [4.69, 9.17) is 19.4 Å². The lowest BCUT2D eigenvalue weighted by molar-refractivity contribution is -0.00645. The van der Waals surface area contributed by atoms with E-state index in [-0.39, 0.29) is 5.41 Å². The first-order valence-electron chi connectivity index (χ1n) is 14.6. The number of benzene rings is 2. The van der Waals surface area contributed by atoms with Crippen molar-refractivity contribution in [2.24, 2.45) is 17.8 Å². The van der Waals surface area contributed by atoms with Gasteiger partial charge in [0.1, 0.15) is 12.4 Å². The van der Waals surface area contributed by atoms with Crippen LogP contribution in [0.2, 0.25) is 0 Å². The first-order chi connectivity index (χ1) is 19.0. The number of ether oxygens (including phenoxy) is 2. The summed E-state index contributed by atoms with van der Waals surface area (Å²) < 4.78 is 11.7. The van der Waals surface area contributed by atoms with Crippen LogP contribution in [0.15, 0.2) is 54.7 Å². The molecule has 6 nitrogen and oxygen atoms in total. The van der Waals surface area contributed by atoms with Crippen LogP contribution in [-0.2, 0) is 23.2 Å². The maximum absolute atomic E-state index is 12.4. The zero-order chi connectivity index (χ0) is 27.0. The van der Waals surface area contributed by atoms with Gasteiger partial charge in [0.2, 0.25) is 0 Å². The van der Waals surface area contributed by atoms with Crippen molar-refractivity contribution in [3.05, 3.63) is 71.5 Å². The van der Waals surface area contributed by atoms with Crippen molar-refractivity contribution in [3.8, 4) is 17.1 Å². The number of carbonyl (C=O) groups excluding carboxylic acids is 1. The molecule has 0 atom stereocenters. The summed E-state index contributed by atoms with van der Waals surface area (Å²) in [4.78, 5) is 23.5. The van der Waals surface area contributed by atoms with E-state index in [9.17, 15) is 4.79 Å². The Morgan fingerprint density at radius 2 is 1.69 bits per heavy atom. The lowest BCUT2D eigenvalue weighted by Crippen LogP contribution is -2.48. The molecule has 0 unspecified atom stereocenters. The summed E-state index contributed by atoms with van der Waals surface area (Å²) in [7, 11) is 1.71. The van der Waals surface area contributed by atoms with E-state index >= 15 is 0 Å². The van der Waals surface area contributed by atoms with Crippen LogP contribution in [0.25, 0.3) is 11.4 Å². The zero-order valence-electron chi connectivity index (χ0n) is 23.4. The van der Waals surface area contributed by atoms with Crippen LogP contribution in [-0.4, -0.2) is 29.7 Å². The van der Waals surface area contributed by atoms with Crippen molar-refractivity contribution in [1.82, 2.24) is 9.97 Å². The number of carbonyl (C=O) groups is 1. The topological polar surface area (TPSA) is 64.5 Å². The number of aryl methyl sites for hydroxylation is 1. The number of hydrogen-bond acceptors (Lipinski definition) is 5. The Morgan fingerprint density at radius 1 is 1.00 bits per heavy atom. The fourth-order valence-electron chi connectivity index (χ4n) is 7.79. The third kappa shape index (κ3) is 5.02. The smallest absolute Gasteiger partial charge is 0.414 e. The molecule has 0 spiro atoms. The van der Waals surface area contributed by atoms with Crippen LogP contribution in [0.1, 0.15) is 69.2 Å². The van der Waals surface area contributed by atoms with Gasteiger partial charge in [-0.2, -0.15) is 0 Å². The van der Waals surface area contributed by atoms with Gasteiger partial charge in [0.05, 0.1) is 24.2 Å². The normalized spacial score (nSPS) is 24.9. The second-order valence-electron chi connectivity index (χ2n) is 11.8.